The zero-order chi connectivity index (χ0) is 12.1. The molecule has 16 heavy (non-hydrogen) atoms. The fourth-order valence-electron chi connectivity index (χ4n) is 0.851. The van der Waals surface area contributed by atoms with Gasteiger partial charge in [-0.05, 0) is 24.3 Å². The Hall–Kier alpha value is -0.930. The molecule has 0 aliphatic rings. The van der Waals surface area contributed by atoms with Crippen molar-refractivity contribution in [3.63, 3.8) is 0 Å². The van der Waals surface area contributed by atoms with Crippen LogP contribution in [0.1, 0.15) is 13.8 Å². The zero-order valence-electron chi connectivity index (χ0n) is 8.94. The molecule has 0 aliphatic heterocycles. The van der Waals surface area contributed by atoms with Crippen molar-refractivity contribution in [2.24, 2.45) is 5.92 Å². The molecule has 1 atom stereocenters. The number of alkyl halides is 1. The summed E-state index contributed by atoms with van der Waals surface area (Å²) >= 11 is 11.4. The first-order valence-electron chi connectivity index (χ1n) is 4.77. The molecule has 5 heteroatoms. The first-order valence-corrected chi connectivity index (χ1v) is 5.58. The summed E-state index contributed by atoms with van der Waals surface area (Å²) < 4.78 is 9.70. The van der Waals surface area contributed by atoms with Gasteiger partial charge in [-0.2, -0.15) is 0 Å². The van der Waals surface area contributed by atoms with Gasteiger partial charge in [0.1, 0.15) is 5.75 Å². The highest BCUT2D eigenvalue weighted by Gasteiger charge is 2.16. The SMILES string of the molecule is CC(C)C(Cl)OC(=O)Oc1ccc(Cl)cc1. The van der Waals surface area contributed by atoms with Crippen LogP contribution in [0, 0.1) is 5.92 Å². The van der Waals surface area contributed by atoms with Crippen LogP contribution in [0.2, 0.25) is 5.02 Å². The Labute approximate surface area is 104 Å². The normalized spacial score (nSPS) is 12.3. The van der Waals surface area contributed by atoms with E-state index in [-0.39, 0.29) is 5.92 Å². The average Bonchev–Trinajstić information content (AvgIpc) is 2.21. The second-order valence-corrected chi connectivity index (χ2v) is 4.39. The molecular formula is C11H12Cl2O3. The van der Waals surface area contributed by atoms with Crippen LogP contribution in [0.3, 0.4) is 0 Å². The van der Waals surface area contributed by atoms with Crippen LogP contribution in [0.4, 0.5) is 4.79 Å². The van der Waals surface area contributed by atoms with Crippen LogP contribution in [0.5, 0.6) is 5.75 Å². The van der Waals surface area contributed by atoms with E-state index in [1.54, 1.807) is 24.3 Å². The maximum Gasteiger partial charge on any atom is 0.515 e. The number of halogens is 2. The number of carbonyl (C=O) groups excluding carboxylic acids is 1. The summed E-state index contributed by atoms with van der Waals surface area (Å²) in [5.41, 5.74) is -0.695. The number of benzene rings is 1. The van der Waals surface area contributed by atoms with Crippen LogP contribution in [-0.2, 0) is 4.74 Å². The first kappa shape index (κ1) is 13.1. The van der Waals surface area contributed by atoms with E-state index in [2.05, 4.69) is 0 Å². The van der Waals surface area contributed by atoms with Crippen LogP contribution in [0.15, 0.2) is 24.3 Å². The van der Waals surface area contributed by atoms with E-state index in [0.717, 1.165) is 0 Å². The molecule has 0 aliphatic carbocycles. The molecule has 0 spiro atoms. The summed E-state index contributed by atoms with van der Waals surface area (Å²) in [7, 11) is 0. The summed E-state index contributed by atoms with van der Waals surface area (Å²) in [5.74, 6) is 0.390. The van der Waals surface area contributed by atoms with Gasteiger partial charge in [-0.1, -0.05) is 37.0 Å². The van der Waals surface area contributed by atoms with E-state index < -0.39 is 11.7 Å². The van der Waals surface area contributed by atoms with Crippen molar-refractivity contribution >= 4 is 29.4 Å². The minimum Gasteiger partial charge on any atom is -0.414 e. The van der Waals surface area contributed by atoms with E-state index in [9.17, 15) is 4.79 Å². The highest BCUT2D eigenvalue weighted by Crippen LogP contribution is 2.17. The van der Waals surface area contributed by atoms with Crippen molar-refractivity contribution in [3.8, 4) is 5.75 Å². The molecule has 0 aromatic heterocycles. The standard InChI is InChI=1S/C11H12Cl2O3/c1-7(2)10(13)16-11(14)15-9-5-3-8(12)4-6-9/h3-7,10H,1-2H3. The smallest absolute Gasteiger partial charge is 0.414 e. The molecule has 1 rings (SSSR count). The fraction of sp³-hybridized carbons (Fsp3) is 0.364. The van der Waals surface area contributed by atoms with Gasteiger partial charge in [0, 0.05) is 10.9 Å². The maximum atomic E-state index is 11.3. The highest BCUT2D eigenvalue weighted by molar-refractivity contribution is 6.30. The lowest BCUT2D eigenvalue weighted by Crippen LogP contribution is -2.20. The van der Waals surface area contributed by atoms with Gasteiger partial charge < -0.3 is 9.47 Å². The quantitative estimate of drug-likeness (QED) is 0.468. The number of hydrogen-bond donors (Lipinski definition) is 0. The lowest BCUT2D eigenvalue weighted by molar-refractivity contribution is 0.0725. The molecule has 0 heterocycles. The minimum atomic E-state index is -0.823. The average molecular weight is 263 g/mol. The van der Waals surface area contributed by atoms with Crippen molar-refractivity contribution in [1.82, 2.24) is 0 Å². The number of rotatable bonds is 3. The molecule has 1 unspecified atom stereocenters. The predicted octanol–water partition coefficient (Wildman–Crippen LogP) is 4.08. The molecule has 0 saturated heterocycles. The number of ether oxygens (including phenoxy) is 2. The molecule has 1 aromatic rings. The second-order valence-electron chi connectivity index (χ2n) is 3.52. The van der Waals surface area contributed by atoms with Gasteiger partial charge in [0.25, 0.3) is 0 Å². The van der Waals surface area contributed by atoms with Gasteiger partial charge in [-0.3, -0.25) is 0 Å². The van der Waals surface area contributed by atoms with Gasteiger partial charge in [-0.25, -0.2) is 4.79 Å². The summed E-state index contributed by atoms with van der Waals surface area (Å²) in [6.45, 7) is 3.68. The minimum absolute atomic E-state index is 0.0273. The molecule has 0 saturated carbocycles. The third-order valence-corrected chi connectivity index (χ3v) is 2.59. The van der Waals surface area contributed by atoms with Crippen LogP contribution in [-0.4, -0.2) is 11.7 Å². The lowest BCUT2D eigenvalue weighted by atomic mass is 10.2. The van der Waals surface area contributed by atoms with Crippen molar-refractivity contribution in [3.05, 3.63) is 29.3 Å². The van der Waals surface area contributed by atoms with Crippen molar-refractivity contribution in [1.29, 1.82) is 0 Å². The Balaban J connectivity index is 2.48. The van der Waals surface area contributed by atoms with Crippen molar-refractivity contribution in [2.75, 3.05) is 0 Å². The van der Waals surface area contributed by atoms with Crippen LogP contribution < -0.4 is 4.74 Å². The van der Waals surface area contributed by atoms with Gasteiger partial charge in [-0.15, -0.1) is 0 Å². The van der Waals surface area contributed by atoms with Gasteiger partial charge in [0.15, 0.2) is 5.56 Å². The second kappa shape index (κ2) is 5.97. The van der Waals surface area contributed by atoms with E-state index in [0.29, 0.717) is 10.8 Å². The van der Waals surface area contributed by atoms with Crippen molar-refractivity contribution < 1.29 is 14.3 Å². The van der Waals surface area contributed by atoms with Gasteiger partial charge in [0.05, 0.1) is 0 Å². The highest BCUT2D eigenvalue weighted by atomic mass is 35.5. The molecule has 88 valence electrons. The molecule has 0 fully saturated rings. The molecule has 0 N–H and O–H groups in total. The fourth-order valence-corrected chi connectivity index (χ4v) is 1.05. The zero-order valence-corrected chi connectivity index (χ0v) is 10.5. The van der Waals surface area contributed by atoms with Crippen LogP contribution >= 0.6 is 23.2 Å². The molecule has 0 radical (unpaired) electrons. The Morgan fingerprint density at radius 2 is 1.81 bits per heavy atom. The lowest BCUT2D eigenvalue weighted by Gasteiger charge is -2.13. The summed E-state index contributed by atoms with van der Waals surface area (Å²) in [5, 5.41) is 0.568. The Kier molecular flexibility index (Phi) is 4.90. The Morgan fingerprint density at radius 1 is 1.25 bits per heavy atom. The van der Waals surface area contributed by atoms with E-state index in [4.69, 9.17) is 32.7 Å². The monoisotopic (exact) mass is 262 g/mol. The third kappa shape index (κ3) is 4.29. The van der Waals surface area contributed by atoms with E-state index >= 15 is 0 Å². The third-order valence-electron chi connectivity index (χ3n) is 1.75. The Morgan fingerprint density at radius 3 is 2.31 bits per heavy atom. The van der Waals surface area contributed by atoms with E-state index in [1.807, 2.05) is 13.8 Å². The van der Waals surface area contributed by atoms with Crippen LogP contribution in [0.25, 0.3) is 0 Å². The molecule has 1 aromatic carbocycles. The van der Waals surface area contributed by atoms with Gasteiger partial charge >= 0.3 is 6.16 Å². The molecular weight excluding hydrogens is 251 g/mol. The first-order chi connectivity index (χ1) is 7.49. The van der Waals surface area contributed by atoms with Gasteiger partial charge in [0.2, 0.25) is 0 Å². The summed E-state index contributed by atoms with van der Waals surface area (Å²) in [6.07, 6.45) is -0.823. The predicted molar refractivity (Wildman–Crippen MR) is 63.0 cm³/mol. The summed E-state index contributed by atoms with van der Waals surface area (Å²) in [6, 6.07) is 6.37. The number of hydrogen-bond acceptors (Lipinski definition) is 3. The maximum absolute atomic E-state index is 11.3. The van der Waals surface area contributed by atoms with E-state index in [1.165, 1.54) is 0 Å². The molecule has 3 nitrogen and oxygen atoms in total. The topological polar surface area (TPSA) is 35.5 Å². The Bertz CT molecular complexity index is 349. The molecule has 0 amide bonds. The number of carbonyl (C=O) groups is 1. The summed E-state index contributed by atoms with van der Waals surface area (Å²) in [4.78, 5) is 11.3. The largest absolute Gasteiger partial charge is 0.515 e. The molecule has 0 bridgehead atoms. The van der Waals surface area contributed by atoms with Crippen molar-refractivity contribution in [2.45, 2.75) is 19.4 Å².